The van der Waals surface area contributed by atoms with Gasteiger partial charge in [-0.1, -0.05) is 43.5 Å². The molecule has 0 saturated heterocycles. The van der Waals surface area contributed by atoms with Gasteiger partial charge in [0.2, 0.25) is 0 Å². The predicted octanol–water partition coefficient (Wildman–Crippen LogP) is 6.62. The molecule has 128 valence electrons. The van der Waals surface area contributed by atoms with Crippen LogP contribution >= 0.6 is 31.9 Å². The second-order valence-electron chi connectivity index (χ2n) is 6.50. The van der Waals surface area contributed by atoms with Gasteiger partial charge in [0, 0.05) is 5.41 Å². The molecule has 1 fully saturated rings. The van der Waals surface area contributed by atoms with E-state index in [2.05, 4.69) is 31.9 Å². The summed E-state index contributed by atoms with van der Waals surface area (Å²) in [6.07, 6.45) is 6.12. The van der Waals surface area contributed by atoms with Gasteiger partial charge < -0.3 is 9.47 Å². The third-order valence-corrected chi connectivity index (χ3v) is 5.97. The Labute approximate surface area is 160 Å². The molecule has 1 aliphatic carbocycles. The summed E-state index contributed by atoms with van der Waals surface area (Å²) < 4.78 is 14.3. The van der Waals surface area contributed by atoms with Crippen LogP contribution in [0.5, 0.6) is 11.5 Å². The van der Waals surface area contributed by atoms with Crippen molar-refractivity contribution >= 4 is 31.9 Å². The van der Waals surface area contributed by atoms with Crippen LogP contribution in [0.15, 0.2) is 57.5 Å². The van der Waals surface area contributed by atoms with Gasteiger partial charge in [0.25, 0.3) is 0 Å². The lowest BCUT2D eigenvalue weighted by molar-refractivity contribution is 0.0431. The van der Waals surface area contributed by atoms with Crippen LogP contribution in [0.2, 0.25) is 0 Å². The molecule has 0 N–H and O–H groups in total. The van der Waals surface area contributed by atoms with E-state index in [-0.39, 0.29) is 5.41 Å². The third-order valence-electron chi connectivity index (χ3n) is 4.66. The molecule has 2 aromatic carbocycles. The smallest absolute Gasteiger partial charge is 0.133 e. The summed E-state index contributed by atoms with van der Waals surface area (Å²) in [4.78, 5) is 0. The zero-order valence-corrected chi connectivity index (χ0v) is 16.8. The molecule has 1 aliphatic rings. The molecule has 24 heavy (non-hydrogen) atoms. The van der Waals surface area contributed by atoms with E-state index in [9.17, 15) is 0 Å². The number of ether oxygens (including phenoxy) is 2. The first-order chi connectivity index (χ1) is 11.7. The predicted molar refractivity (Wildman–Crippen MR) is 105 cm³/mol. The maximum absolute atomic E-state index is 6.16. The van der Waals surface area contributed by atoms with Crippen LogP contribution in [0.3, 0.4) is 0 Å². The van der Waals surface area contributed by atoms with E-state index in [1.54, 1.807) is 0 Å². The average molecular weight is 454 g/mol. The van der Waals surface area contributed by atoms with Gasteiger partial charge in [-0.15, -0.1) is 0 Å². The van der Waals surface area contributed by atoms with Crippen LogP contribution in [0, 0.1) is 5.41 Å². The van der Waals surface area contributed by atoms with Crippen molar-refractivity contribution < 1.29 is 9.47 Å². The molecule has 2 aromatic rings. The Kier molecular flexibility index (Phi) is 6.23. The first-order valence-electron chi connectivity index (χ1n) is 8.43. The highest BCUT2D eigenvalue weighted by Gasteiger charge is 2.34. The summed E-state index contributed by atoms with van der Waals surface area (Å²) in [5.41, 5.74) is 0.0861. The molecule has 0 atom stereocenters. The second-order valence-corrected chi connectivity index (χ2v) is 8.21. The molecule has 0 bridgehead atoms. The van der Waals surface area contributed by atoms with Crippen molar-refractivity contribution in [3.8, 4) is 11.5 Å². The normalized spacial score (nSPS) is 16.6. The average Bonchev–Trinajstić information content (AvgIpc) is 2.61. The molecule has 0 spiro atoms. The maximum atomic E-state index is 6.16. The lowest BCUT2D eigenvalue weighted by Crippen LogP contribution is -2.37. The molecule has 0 aliphatic heterocycles. The summed E-state index contributed by atoms with van der Waals surface area (Å²) in [7, 11) is 0. The summed E-state index contributed by atoms with van der Waals surface area (Å²) in [6, 6.07) is 16.1. The number of para-hydroxylation sites is 2. The molecule has 1 saturated carbocycles. The highest BCUT2D eigenvalue weighted by atomic mass is 79.9. The number of benzene rings is 2. The molecule has 3 rings (SSSR count). The Bertz CT molecular complexity index is 615. The van der Waals surface area contributed by atoms with Gasteiger partial charge in [-0.25, -0.2) is 0 Å². The van der Waals surface area contributed by atoms with Crippen LogP contribution in [-0.2, 0) is 0 Å². The standard InChI is InChI=1S/C20H22Br2O2/c21-16-8-2-4-10-18(16)23-14-20(12-6-1-7-13-20)15-24-19-11-5-3-9-17(19)22/h2-5,8-11H,1,6-7,12-15H2. The van der Waals surface area contributed by atoms with E-state index in [1.807, 2.05) is 48.5 Å². The SMILES string of the molecule is Brc1ccccc1OCC1(COc2ccccc2Br)CCCCC1. The zero-order valence-electron chi connectivity index (χ0n) is 13.6. The van der Waals surface area contributed by atoms with Crippen molar-refractivity contribution in [1.29, 1.82) is 0 Å². The molecular formula is C20H22Br2O2. The summed E-state index contributed by atoms with van der Waals surface area (Å²) >= 11 is 7.12. The fourth-order valence-electron chi connectivity index (χ4n) is 3.22. The van der Waals surface area contributed by atoms with Crippen molar-refractivity contribution in [3.63, 3.8) is 0 Å². The van der Waals surface area contributed by atoms with E-state index >= 15 is 0 Å². The Hall–Kier alpha value is -1.000. The first-order valence-corrected chi connectivity index (χ1v) is 10.0. The van der Waals surface area contributed by atoms with Crippen LogP contribution < -0.4 is 9.47 Å². The minimum atomic E-state index is 0.0861. The van der Waals surface area contributed by atoms with Crippen LogP contribution in [0.25, 0.3) is 0 Å². The van der Waals surface area contributed by atoms with Gasteiger partial charge >= 0.3 is 0 Å². The van der Waals surface area contributed by atoms with E-state index in [1.165, 1.54) is 19.3 Å². The molecule has 2 nitrogen and oxygen atoms in total. The van der Waals surface area contributed by atoms with Crippen molar-refractivity contribution in [3.05, 3.63) is 57.5 Å². The summed E-state index contributed by atoms with van der Waals surface area (Å²) in [5, 5.41) is 0. The monoisotopic (exact) mass is 452 g/mol. The van der Waals surface area contributed by atoms with E-state index < -0.39 is 0 Å². The van der Waals surface area contributed by atoms with Crippen LogP contribution in [0.4, 0.5) is 0 Å². The van der Waals surface area contributed by atoms with Crippen molar-refractivity contribution in [2.75, 3.05) is 13.2 Å². The highest BCUT2D eigenvalue weighted by Crippen LogP contribution is 2.39. The van der Waals surface area contributed by atoms with Crippen molar-refractivity contribution in [2.24, 2.45) is 5.41 Å². The largest absolute Gasteiger partial charge is 0.492 e. The Morgan fingerprint density at radius 1 is 0.708 bits per heavy atom. The topological polar surface area (TPSA) is 18.5 Å². The van der Waals surface area contributed by atoms with Crippen LogP contribution in [0.1, 0.15) is 32.1 Å². The summed E-state index contributed by atoms with van der Waals surface area (Å²) in [5.74, 6) is 1.81. The van der Waals surface area contributed by atoms with Crippen molar-refractivity contribution in [1.82, 2.24) is 0 Å². The molecular weight excluding hydrogens is 432 g/mol. The zero-order chi connectivity index (χ0) is 16.8. The number of rotatable bonds is 6. The van der Waals surface area contributed by atoms with Gasteiger partial charge in [0.15, 0.2) is 0 Å². The summed E-state index contributed by atoms with van der Waals surface area (Å²) in [6.45, 7) is 1.39. The van der Waals surface area contributed by atoms with E-state index in [0.717, 1.165) is 33.3 Å². The van der Waals surface area contributed by atoms with Gasteiger partial charge in [-0.2, -0.15) is 0 Å². The Balaban J connectivity index is 1.68. The molecule has 0 heterocycles. The molecule has 0 unspecified atom stereocenters. The molecule has 0 aromatic heterocycles. The minimum Gasteiger partial charge on any atom is -0.492 e. The fourth-order valence-corrected chi connectivity index (χ4v) is 4.02. The van der Waals surface area contributed by atoms with Gasteiger partial charge in [-0.05, 0) is 69.0 Å². The lowest BCUT2D eigenvalue weighted by atomic mass is 9.75. The van der Waals surface area contributed by atoms with Crippen LogP contribution in [-0.4, -0.2) is 13.2 Å². The van der Waals surface area contributed by atoms with Gasteiger partial charge in [0.05, 0.1) is 22.2 Å². The highest BCUT2D eigenvalue weighted by molar-refractivity contribution is 9.10. The Morgan fingerprint density at radius 3 is 1.62 bits per heavy atom. The van der Waals surface area contributed by atoms with E-state index in [4.69, 9.17) is 9.47 Å². The maximum Gasteiger partial charge on any atom is 0.133 e. The molecule has 4 heteroatoms. The molecule has 0 radical (unpaired) electrons. The molecule has 0 amide bonds. The number of halogens is 2. The van der Waals surface area contributed by atoms with Gasteiger partial charge in [0.1, 0.15) is 11.5 Å². The van der Waals surface area contributed by atoms with Crippen molar-refractivity contribution in [2.45, 2.75) is 32.1 Å². The number of hydrogen-bond donors (Lipinski definition) is 0. The Morgan fingerprint density at radius 2 is 1.17 bits per heavy atom. The fraction of sp³-hybridized carbons (Fsp3) is 0.400. The minimum absolute atomic E-state index is 0.0861. The number of hydrogen-bond acceptors (Lipinski definition) is 2. The van der Waals surface area contributed by atoms with E-state index in [0.29, 0.717) is 13.2 Å². The second kappa shape index (κ2) is 8.39. The quantitative estimate of drug-likeness (QED) is 0.489. The lowest BCUT2D eigenvalue weighted by Gasteiger charge is -2.36. The first kappa shape index (κ1) is 17.8. The third kappa shape index (κ3) is 4.54. The van der Waals surface area contributed by atoms with Gasteiger partial charge in [-0.3, -0.25) is 0 Å².